The third-order valence-electron chi connectivity index (χ3n) is 4.62. The van der Waals surface area contributed by atoms with Gasteiger partial charge in [0.2, 0.25) is 0 Å². The van der Waals surface area contributed by atoms with Gasteiger partial charge in [-0.3, -0.25) is 5.32 Å². The summed E-state index contributed by atoms with van der Waals surface area (Å²) >= 11 is 9.23. The molecule has 0 aliphatic heterocycles. The number of phenolic OH excluding ortho intramolecular Hbond substituents is 1. The zero-order valence-electron chi connectivity index (χ0n) is 14.1. The van der Waals surface area contributed by atoms with Gasteiger partial charge in [-0.25, -0.2) is 4.79 Å². The number of aromatic hydroxyl groups is 1. The minimum Gasteiger partial charge on any atom is -0.506 e. The molecule has 1 aliphatic rings. The van der Waals surface area contributed by atoms with Gasteiger partial charge in [-0.2, -0.15) is 0 Å². The van der Waals surface area contributed by atoms with Crippen molar-refractivity contribution < 1.29 is 14.6 Å². The van der Waals surface area contributed by atoms with Crippen molar-refractivity contribution in [3.05, 3.63) is 81.3 Å². The third-order valence-corrected chi connectivity index (χ3v) is 5.82. The molecule has 3 aromatic carbocycles. The highest BCUT2D eigenvalue weighted by Crippen LogP contribution is 2.44. The van der Waals surface area contributed by atoms with Gasteiger partial charge in [0.25, 0.3) is 0 Å². The van der Waals surface area contributed by atoms with Crippen molar-refractivity contribution in [3.8, 4) is 16.9 Å². The van der Waals surface area contributed by atoms with Crippen LogP contribution in [0.5, 0.6) is 5.75 Å². The van der Waals surface area contributed by atoms with Gasteiger partial charge in [0.15, 0.2) is 0 Å². The minimum atomic E-state index is -0.648. The fraction of sp³-hybridized carbons (Fsp3) is 0.0952. The van der Waals surface area contributed by atoms with Crippen molar-refractivity contribution in [2.45, 2.75) is 5.92 Å². The summed E-state index contributed by atoms with van der Waals surface area (Å²) in [4.78, 5) is 12.2. The van der Waals surface area contributed by atoms with Crippen molar-refractivity contribution in [3.63, 3.8) is 0 Å². The zero-order chi connectivity index (χ0) is 19.0. The Morgan fingerprint density at radius 2 is 1.67 bits per heavy atom. The van der Waals surface area contributed by atoms with Crippen LogP contribution in [0.15, 0.2) is 65.1 Å². The second kappa shape index (κ2) is 7.25. The Morgan fingerprint density at radius 1 is 1.07 bits per heavy atom. The van der Waals surface area contributed by atoms with E-state index in [-0.39, 0.29) is 24.0 Å². The molecule has 0 saturated carbocycles. The second-order valence-electron chi connectivity index (χ2n) is 6.23. The van der Waals surface area contributed by atoms with Gasteiger partial charge in [-0.1, -0.05) is 60.1 Å². The SMILES string of the molecule is O=C(Nc1cc(Cl)c(Br)cc1O)OCC1c2ccccc2-c2ccccc21. The van der Waals surface area contributed by atoms with E-state index in [0.29, 0.717) is 9.50 Å². The van der Waals surface area contributed by atoms with Crippen molar-refractivity contribution in [1.29, 1.82) is 0 Å². The number of benzene rings is 3. The Labute approximate surface area is 169 Å². The Morgan fingerprint density at radius 3 is 2.30 bits per heavy atom. The average molecular weight is 445 g/mol. The van der Waals surface area contributed by atoms with Crippen LogP contribution < -0.4 is 5.32 Å². The number of hydrogen-bond acceptors (Lipinski definition) is 3. The Hall–Kier alpha value is -2.50. The van der Waals surface area contributed by atoms with Crippen LogP contribution in [0.1, 0.15) is 17.0 Å². The summed E-state index contributed by atoms with van der Waals surface area (Å²) in [6.07, 6.45) is -0.648. The summed E-state index contributed by atoms with van der Waals surface area (Å²) in [7, 11) is 0. The molecule has 0 bridgehead atoms. The molecule has 0 unspecified atom stereocenters. The number of phenols is 1. The molecule has 0 radical (unpaired) electrons. The first-order valence-corrected chi connectivity index (χ1v) is 9.51. The highest BCUT2D eigenvalue weighted by molar-refractivity contribution is 9.10. The maximum absolute atomic E-state index is 12.2. The number of ether oxygens (including phenoxy) is 1. The molecule has 1 amide bonds. The Balaban J connectivity index is 1.51. The Bertz CT molecular complexity index is 992. The summed E-state index contributed by atoms with van der Waals surface area (Å²) in [5, 5.41) is 12.9. The molecular formula is C21H15BrClNO3. The molecule has 0 fully saturated rings. The van der Waals surface area contributed by atoms with E-state index in [0.717, 1.165) is 11.1 Å². The number of carbonyl (C=O) groups excluding carboxylic acids is 1. The van der Waals surface area contributed by atoms with Crippen LogP contribution in [-0.4, -0.2) is 17.8 Å². The largest absolute Gasteiger partial charge is 0.506 e. The number of halogens is 2. The summed E-state index contributed by atoms with van der Waals surface area (Å²) in [6.45, 7) is 0.199. The van der Waals surface area contributed by atoms with Crippen LogP contribution in [0.25, 0.3) is 11.1 Å². The monoisotopic (exact) mass is 443 g/mol. The van der Waals surface area contributed by atoms with E-state index in [9.17, 15) is 9.90 Å². The molecule has 2 N–H and O–H groups in total. The van der Waals surface area contributed by atoms with E-state index in [1.165, 1.54) is 23.3 Å². The molecule has 0 heterocycles. The van der Waals surface area contributed by atoms with Gasteiger partial charge in [0, 0.05) is 10.4 Å². The van der Waals surface area contributed by atoms with Gasteiger partial charge >= 0.3 is 6.09 Å². The van der Waals surface area contributed by atoms with Gasteiger partial charge in [-0.15, -0.1) is 0 Å². The first-order valence-electron chi connectivity index (χ1n) is 8.34. The smallest absolute Gasteiger partial charge is 0.411 e. The summed E-state index contributed by atoms with van der Waals surface area (Å²) < 4.78 is 5.99. The van der Waals surface area contributed by atoms with Crippen molar-refractivity contribution in [1.82, 2.24) is 0 Å². The van der Waals surface area contributed by atoms with Crippen molar-refractivity contribution in [2.75, 3.05) is 11.9 Å². The highest BCUT2D eigenvalue weighted by Gasteiger charge is 2.29. The normalized spacial score (nSPS) is 12.4. The minimum absolute atomic E-state index is 0.0229. The first kappa shape index (κ1) is 17.9. The first-order chi connectivity index (χ1) is 13.0. The summed E-state index contributed by atoms with van der Waals surface area (Å²) in [5.74, 6) is -0.120. The van der Waals surface area contributed by atoms with Crippen molar-refractivity contribution >= 4 is 39.3 Å². The molecule has 136 valence electrons. The maximum Gasteiger partial charge on any atom is 0.411 e. The third kappa shape index (κ3) is 3.40. The predicted octanol–water partition coefficient (Wildman–Crippen LogP) is 6.17. The average Bonchev–Trinajstić information content (AvgIpc) is 2.98. The van der Waals surface area contributed by atoms with Gasteiger partial charge < -0.3 is 9.84 Å². The molecule has 1 aliphatic carbocycles. The highest BCUT2D eigenvalue weighted by atomic mass is 79.9. The molecule has 0 aromatic heterocycles. The number of amides is 1. The summed E-state index contributed by atoms with van der Waals surface area (Å²) in [6, 6.07) is 19.1. The lowest BCUT2D eigenvalue weighted by Gasteiger charge is -2.15. The topological polar surface area (TPSA) is 58.6 Å². The van der Waals surface area contributed by atoms with E-state index in [4.69, 9.17) is 16.3 Å². The van der Waals surface area contributed by atoms with Crippen LogP contribution in [0.3, 0.4) is 0 Å². The van der Waals surface area contributed by atoms with E-state index < -0.39 is 6.09 Å². The van der Waals surface area contributed by atoms with E-state index >= 15 is 0 Å². The molecule has 4 nitrogen and oxygen atoms in total. The van der Waals surface area contributed by atoms with E-state index in [2.05, 4.69) is 45.5 Å². The number of anilines is 1. The van der Waals surface area contributed by atoms with E-state index in [1.54, 1.807) is 0 Å². The van der Waals surface area contributed by atoms with Crippen LogP contribution in [0.4, 0.5) is 10.5 Å². The molecule has 3 aromatic rings. The standard InChI is InChI=1S/C21H15BrClNO3/c22-17-9-20(25)19(10-18(17)23)24-21(26)27-11-16-14-7-3-1-5-12(14)13-6-2-4-8-15(13)16/h1-10,16,25H,11H2,(H,24,26). The number of nitrogens with one attached hydrogen (secondary N) is 1. The zero-order valence-corrected chi connectivity index (χ0v) is 16.4. The van der Waals surface area contributed by atoms with Gasteiger partial charge in [0.1, 0.15) is 12.4 Å². The second-order valence-corrected chi connectivity index (χ2v) is 7.50. The number of rotatable bonds is 3. The molecule has 6 heteroatoms. The van der Waals surface area contributed by atoms with Crippen LogP contribution in [-0.2, 0) is 4.74 Å². The lowest BCUT2D eigenvalue weighted by molar-refractivity contribution is 0.158. The summed E-state index contributed by atoms with van der Waals surface area (Å²) in [5.41, 5.74) is 4.81. The molecular weight excluding hydrogens is 430 g/mol. The van der Waals surface area contributed by atoms with E-state index in [1.807, 2.05) is 24.3 Å². The fourth-order valence-electron chi connectivity index (χ4n) is 3.38. The molecule has 0 spiro atoms. The lowest BCUT2D eigenvalue weighted by atomic mass is 9.98. The maximum atomic E-state index is 12.2. The van der Waals surface area contributed by atoms with Crippen molar-refractivity contribution in [2.24, 2.45) is 0 Å². The molecule has 0 atom stereocenters. The van der Waals surface area contributed by atoms with Crippen LogP contribution in [0, 0.1) is 0 Å². The van der Waals surface area contributed by atoms with Gasteiger partial charge in [-0.05, 0) is 50.3 Å². The van der Waals surface area contributed by atoms with Gasteiger partial charge in [0.05, 0.1) is 10.7 Å². The number of fused-ring (bicyclic) bond motifs is 3. The molecule has 27 heavy (non-hydrogen) atoms. The predicted molar refractivity (Wildman–Crippen MR) is 110 cm³/mol. The molecule has 0 saturated heterocycles. The van der Waals surface area contributed by atoms with Crippen LogP contribution >= 0.6 is 27.5 Å². The number of hydrogen-bond donors (Lipinski definition) is 2. The van der Waals surface area contributed by atoms with Crippen LogP contribution in [0.2, 0.25) is 5.02 Å². The Kier molecular flexibility index (Phi) is 4.81. The molecule has 4 rings (SSSR count). The quantitative estimate of drug-likeness (QED) is 0.475. The number of carbonyl (C=O) groups is 1. The fourth-order valence-corrected chi connectivity index (χ4v) is 3.88. The lowest BCUT2D eigenvalue weighted by Crippen LogP contribution is -2.18.